The molecule has 2 aromatic carbocycles. The predicted octanol–water partition coefficient (Wildman–Crippen LogP) is 2.89. The van der Waals surface area contributed by atoms with Gasteiger partial charge in [0.05, 0.1) is 28.4 Å². The number of carbonyl (C=O) groups is 1. The third-order valence-corrected chi connectivity index (χ3v) is 3.73. The lowest BCUT2D eigenvalue weighted by molar-refractivity contribution is -0.112. The van der Waals surface area contributed by atoms with Gasteiger partial charge in [0.15, 0.2) is 23.1 Å². The fourth-order valence-corrected chi connectivity index (χ4v) is 2.47. The Labute approximate surface area is 150 Å². The van der Waals surface area contributed by atoms with Crippen molar-refractivity contribution >= 4 is 17.6 Å². The normalized spacial score (nSPS) is 11.0. The second-order valence-corrected chi connectivity index (χ2v) is 5.23. The summed E-state index contributed by atoms with van der Waals surface area (Å²) >= 11 is 0. The van der Waals surface area contributed by atoms with Crippen molar-refractivity contribution in [3.8, 4) is 23.0 Å². The molecule has 26 heavy (non-hydrogen) atoms. The molecule has 1 amide bonds. The van der Waals surface area contributed by atoms with Crippen molar-refractivity contribution < 1.29 is 28.1 Å². The minimum absolute atomic E-state index is 0.107. The number of hydrogen-bond acceptors (Lipinski definition) is 5. The molecule has 0 heterocycles. The van der Waals surface area contributed by atoms with Crippen LogP contribution in [0.5, 0.6) is 23.0 Å². The van der Waals surface area contributed by atoms with Crippen LogP contribution in [0.4, 0.5) is 4.39 Å². The number of hydrogen-bond donors (Lipinski definition) is 1. The van der Waals surface area contributed by atoms with Gasteiger partial charge in [-0.05, 0) is 41.5 Å². The lowest BCUT2D eigenvalue weighted by Gasteiger charge is -2.15. The van der Waals surface area contributed by atoms with Gasteiger partial charge in [0.25, 0.3) is 0 Å². The molecule has 0 radical (unpaired) electrons. The number of ether oxygens (including phenoxy) is 4. The molecule has 0 aliphatic heterocycles. The molecule has 2 aromatic rings. The van der Waals surface area contributed by atoms with Gasteiger partial charge in [-0.2, -0.15) is 0 Å². The van der Waals surface area contributed by atoms with Crippen molar-refractivity contribution in [2.45, 2.75) is 0 Å². The van der Waals surface area contributed by atoms with E-state index in [0.717, 1.165) is 0 Å². The van der Waals surface area contributed by atoms with Crippen LogP contribution in [-0.2, 0) is 4.79 Å². The molecule has 138 valence electrons. The molecule has 0 spiro atoms. The zero-order valence-electron chi connectivity index (χ0n) is 15.0. The van der Waals surface area contributed by atoms with E-state index in [1.807, 2.05) is 0 Å². The molecule has 0 bridgehead atoms. The van der Waals surface area contributed by atoms with Crippen LogP contribution in [0.3, 0.4) is 0 Å². The average Bonchev–Trinajstić information content (AvgIpc) is 2.64. The van der Waals surface area contributed by atoms with E-state index in [4.69, 9.17) is 24.7 Å². The van der Waals surface area contributed by atoms with Crippen LogP contribution in [0.1, 0.15) is 11.1 Å². The smallest absolute Gasteiger partial charge is 0.249 e. The van der Waals surface area contributed by atoms with Crippen molar-refractivity contribution in [3.05, 3.63) is 47.3 Å². The van der Waals surface area contributed by atoms with Crippen molar-refractivity contribution in [3.63, 3.8) is 0 Å². The zero-order valence-corrected chi connectivity index (χ0v) is 15.0. The van der Waals surface area contributed by atoms with E-state index < -0.39 is 11.7 Å². The van der Waals surface area contributed by atoms with Gasteiger partial charge in [0.1, 0.15) is 0 Å². The highest BCUT2D eigenvalue weighted by Crippen LogP contribution is 2.40. The summed E-state index contributed by atoms with van der Waals surface area (Å²) in [6.07, 6.45) is 1.48. The molecule has 0 unspecified atom stereocenters. The average molecular weight is 361 g/mol. The quantitative estimate of drug-likeness (QED) is 0.606. The van der Waals surface area contributed by atoms with Crippen LogP contribution in [0, 0.1) is 5.82 Å². The minimum Gasteiger partial charge on any atom is -0.494 e. The number of benzene rings is 2. The molecule has 0 saturated carbocycles. The summed E-state index contributed by atoms with van der Waals surface area (Å²) in [5, 5.41) is 0. The maximum absolute atomic E-state index is 13.9. The second-order valence-electron chi connectivity index (χ2n) is 5.23. The first-order valence-electron chi connectivity index (χ1n) is 7.60. The number of amides is 1. The van der Waals surface area contributed by atoms with Gasteiger partial charge in [0.2, 0.25) is 11.7 Å². The third-order valence-electron chi connectivity index (χ3n) is 3.73. The van der Waals surface area contributed by atoms with E-state index in [2.05, 4.69) is 0 Å². The van der Waals surface area contributed by atoms with E-state index >= 15 is 0 Å². The van der Waals surface area contributed by atoms with Crippen molar-refractivity contribution in [2.24, 2.45) is 5.73 Å². The summed E-state index contributed by atoms with van der Waals surface area (Å²) in [5.41, 5.74) is 6.58. The number of methoxy groups -OCH3 is 4. The molecule has 2 rings (SSSR count). The van der Waals surface area contributed by atoms with Gasteiger partial charge < -0.3 is 24.7 Å². The summed E-state index contributed by atoms with van der Waals surface area (Å²) in [6, 6.07) is 7.52. The van der Waals surface area contributed by atoms with E-state index in [0.29, 0.717) is 28.4 Å². The Morgan fingerprint density at radius 3 is 1.92 bits per heavy atom. The summed E-state index contributed by atoms with van der Waals surface area (Å²) < 4.78 is 34.6. The molecule has 0 aromatic heterocycles. The van der Waals surface area contributed by atoms with E-state index in [9.17, 15) is 9.18 Å². The van der Waals surface area contributed by atoms with Crippen LogP contribution in [0.15, 0.2) is 30.3 Å². The monoisotopic (exact) mass is 361 g/mol. The number of rotatable bonds is 7. The Morgan fingerprint density at radius 1 is 0.923 bits per heavy atom. The first-order valence-corrected chi connectivity index (χ1v) is 7.60. The highest BCUT2D eigenvalue weighted by Gasteiger charge is 2.18. The summed E-state index contributed by atoms with van der Waals surface area (Å²) in [7, 11) is 5.78. The first kappa shape index (κ1) is 19.1. The van der Waals surface area contributed by atoms with Crippen LogP contribution in [0.2, 0.25) is 0 Å². The Balaban J connectivity index is 2.60. The van der Waals surface area contributed by atoms with Crippen LogP contribution < -0.4 is 24.7 Å². The maximum atomic E-state index is 13.9. The molecule has 7 heteroatoms. The predicted molar refractivity (Wildman–Crippen MR) is 96.1 cm³/mol. The van der Waals surface area contributed by atoms with Gasteiger partial charge in [-0.1, -0.05) is 6.07 Å². The number of primary amides is 1. The molecule has 0 atom stereocenters. The van der Waals surface area contributed by atoms with Gasteiger partial charge in [-0.25, -0.2) is 4.39 Å². The van der Waals surface area contributed by atoms with E-state index in [-0.39, 0.29) is 11.3 Å². The Morgan fingerprint density at radius 2 is 1.50 bits per heavy atom. The lowest BCUT2D eigenvalue weighted by atomic mass is 10.0. The molecular weight excluding hydrogens is 341 g/mol. The zero-order chi connectivity index (χ0) is 19.3. The third kappa shape index (κ3) is 3.88. The molecular formula is C19H20FNO5. The van der Waals surface area contributed by atoms with Crippen LogP contribution >= 0.6 is 0 Å². The van der Waals surface area contributed by atoms with Crippen molar-refractivity contribution in [1.29, 1.82) is 0 Å². The van der Waals surface area contributed by atoms with Gasteiger partial charge in [-0.15, -0.1) is 0 Å². The first-order chi connectivity index (χ1) is 12.4. The summed E-state index contributed by atoms with van der Waals surface area (Å²) in [4.78, 5) is 12.0. The van der Waals surface area contributed by atoms with Crippen LogP contribution in [0.25, 0.3) is 11.6 Å². The lowest BCUT2D eigenvalue weighted by Crippen LogP contribution is -2.13. The summed E-state index contributed by atoms with van der Waals surface area (Å²) in [6.45, 7) is 0. The SMILES string of the molecule is COc1ccc(/C=C(/C(N)=O)c2cc(OC)c(OC)c(OC)c2)cc1F. The standard InChI is InChI=1S/C19H20FNO5/c1-23-15-6-5-11(8-14(15)20)7-13(19(21)22)12-9-16(24-2)18(26-4)17(10-12)25-3/h5-10H,1-4H3,(H2,21,22)/b13-7+. The Hall–Kier alpha value is -3.22. The van der Waals surface area contributed by atoms with Gasteiger partial charge in [-0.3, -0.25) is 4.79 Å². The van der Waals surface area contributed by atoms with E-state index in [1.54, 1.807) is 18.2 Å². The van der Waals surface area contributed by atoms with Gasteiger partial charge in [0, 0.05) is 5.57 Å². The minimum atomic E-state index is -0.685. The fraction of sp³-hybridized carbons (Fsp3) is 0.211. The van der Waals surface area contributed by atoms with Gasteiger partial charge >= 0.3 is 0 Å². The fourth-order valence-electron chi connectivity index (χ4n) is 2.47. The second kappa shape index (κ2) is 8.24. The number of halogens is 1. The summed E-state index contributed by atoms with van der Waals surface area (Å²) in [5.74, 6) is 0.00362. The number of nitrogens with two attached hydrogens (primary N) is 1. The Kier molecular flexibility index (Phi) is 6.06. The topological polar surface area (TPSA) is 80.0 Å². The molecule has 2 N–H and O–H groups in total. The Bertz CT molecular complexity index is 823. The van der Waals surface area contributed by atoms with E-state index in [1.165, 1.54) is 46.6 Å². The molecule has 0 saturated heterocycles. The largest absolute Gasteiger partial charge is 0.494 e. The molecule has 0 aliphatic carbocycles. The molecule has 0 fully saturated rings. The molecule has 6 nitrogen and oxygen atoms in total. The highest BCUT2D eigenvalue weighted by atomic mass is 19.1. The molecule has 0 aliphatic rings. The highest BCUT2D eigenvalue weighted by molar-refractivity contribution is 6.23. The maximum Gasteiger partial charge on any atom is 0.249 e. The van der Waals surface area contributed by atoms with Crippen molar-refractivity contribution in [2.75, 3.05) is 28.4 Å². The number of carbonyl (C=O) groups excluding carboxylic acids is 1. The van der Waals surface area contributed by atoms with Crippen molar-refractivity contribution in [1.82, 2.24) is 0 Å². The van der Waals surface area contributed by atoms with Crippen LogP contribution in [-0.4, -0.2) is 34.3 Å².